The molecular formula is C8H18NaO6S. The molecule has 0 saturated heterocycles. The van der Waals surface area contributed by atoms with Gasteiger partial charge in [-0.2, -0.15) is 8.42 Å². The quantitative estimate of drug-likeness (QED) is 0.346. The van der Waals surface area contributed by atoms with Crippen LogP contribution in [0.25, 0.3) is 0 Å². The third-order valence-corrected chi connectivity index (χ3v) is 1.94. The maximum absolute atomic E-state index is 10.1. The van der Waals surface area contributed by atoms with Crippen molar-refractivity contribution < 1.29 is 26.6 Å². The van der Waals surface area contributed by atoms with Crippen molar-refractivity contribution in [1.82, 2.24) is 0 Å². The maximum Gasteiger partial charge on any atom is 0.397 e. The first kappa shape index (κ1) is 19.1. The van der Waals surface area contributed by atoms with E-state index in [0.717, 1.165) is 12.8 Å². The van der Waals surface area contributed by atoms with Crippen molar-refractivity contribution >= 4 is 40.0 Å². The number of rotatable bonds is 10. The number of hydrogen-bond acceptors (Lipinski definition) is 5. The van der Waals surface area contributed by atoms with Gasteiger partial charge < -0.3 is 9.47 Å². The Balaban J connectivity index is 0. The molecule has 0 spiro atoms. The molecule has 0 rings (SSSR count). The summed E-state index contributed by atoms with van der Waals surface area (Å²) in [5, 5.41) is 0. The van der Waals surface area contributed by atoms with E-state index in [4.69, 9.17) is 14.0 Å². The van der Waals surface area contributed by atoms with E-state index in [0.29, 0.717) is 19.8 Å². The van der Waals surface area contributed by atoms with Crippen LogP contribution in [0.4, 0.5) is 0 Å². The Labute approximate surface area is 119 Å². The average Bonchev–Trinajstić information content (AvgIpc) is 2.14. The molecule has 1 N–H and O–H groups in total. The fraction of sp³-hybridized carbons (Fsp3) is 1.00. The van der Waals surface area contributed by atoms with Crippen molar-refractivity contribution in [2.45, 2.75) is 19.8 Å². The second-order valence-electron chi connectivity index (χ2n) is 2.83. The molecule has 0 fully saturated rings. The van der Waals surface area contributed by atoms with E-state index in [1.165, 1.54) is 0 Å². The number of unbranched alkanes of at least 4 members (excludes halogenated alkanes) is 1. The fourth-order valence-corrected chi connectivity index (χ4v) is 1.05. The van der Waals surface area contributed by atoms with Gasteiger partial charge in [0.15, 0.2) is 0 Å². The largest absolute Gasteiger partial charge is 0.397 e. The van der Waals surface area contributed by atoms with Gasteiger partial charge in [0.1, 0.15) is 0 Å². The molecule has 0 aliphatic heterocycles. The van der Waals surface area contributed by atoms with Gasteiger partial charge in [0.05, 0.1) is 26.4 Å². The van der Waals surface area contributed by atoms with Crippen molar-refractivity contribution in [2.24, 2.45) is 0 Å². The third-order valence-electron chi connectivity index (χ3n) is 1.47. The monoisotopic (exact) mass is 265 g/mol. The second-order valence-corrected chi connectivity index (χ2v) is 3.92. The van der Waals surface area contributed by atoms with Crippen LogP contribution in [0.5, 0.6) is 0 Å². The van der Waals surface area contributed by atoms with Crippen LogP contribution >= 0.6 is 0 Å². The second kappa shape index (κ2) is 12.3. The Morgan fingerprint density at radius 3 is 2.00 bits per heavy atom. The van der Waals surface area contributed by atoms with E-state index in [9.17, 15) is 8.42 Å². The van der Waals surface area contributed by atoms with E-state index in [-0.39, 0.29) is 42.8 Å². The van der Waals surface area contributed by atoms with Gasteiger partial charge in [-0.25, -0.2) is 4.18 Å². The maximum atomic E-state index is 10.1. The van der Waals surface area contributed by atoms with Crippen molar-refractivity contribution in [3.8, 4) is 0 Å². The molecule has 0 aromatic heterocycles. The Kier molecular flexibility index (Phi) is 14.7. The van der Waals surface area contributed by atoms with Gasteiger partial charge >= 0.3 is 10.4 Å². The molecule has 0 heterocycles. The van der Waals surface area contributed by atoms with Crippen LogP contribution in [0.1, 0.15) is 19.8 Å². The van der Waals surface area contributed by atoms with E-state index >= 15 is 0 Å². The van der Waals surface area contributed by atoms with Crippen molar-refractivity contribution in [2.75, 3.05) is 33.0 Å². The molecule has 1 radical (unpaired) electrons. The molecule has 0 saturated carbocycles. The van der Waals surface area contributed by atoms with Crippen LogP contribution in [-0.4, -0.2) is 75.6 Å². The van der Waals surface area contributed by atoms with Gasteiger partial charge in [-0.1, -0.05) is 13.3 Å². The minimum Gasteiger partial charge on any atom is -0.379 e. The zero-order chi connectivity index (χ0) is 11.6. The summed E-state index contributed by atoms with van der Waals surface area (Å²) in [6.45, 7) is 3.57. The Hall–Kier alpha value is 0.790. The first-order valence-electron chi connectivity index (χ1n) is 4.83. The first-order chi connectivity index (χ1) is 7.06. The Bertz CT molecular complexity index is 231. The Morgan fingerprint density at radius 2 is 1.50 bits per heavy atom. The predicted octanol–water partition coefficient (Wildman–Crippen LogP) is 0.258. The number of hydrogen-bond donors (Lipinski definition) is 1. The van der Waals surface area contributed by atoms with Crippen LogP contribution < -0.4 is 0 Å². The van der Waals surface area contributed by atoms with Crippen molar-refractivity contribution in [1.29, 1.82) is 0 Å². The molecular weight excluding hydrogens is 247 g/mol. The summed E-state index contributed by atoms with van der Waals surface area (Å²) in [4.78, 5) is 0. The smallest absolute Gasteiger partial charge is 0.379 e. The summed E-state index contributed by atoms with van der Waals surface area (Å²) in [7, 11) is -4.34. The molecule has 0 aromatic rings. The first-order valence-corrected chi connectivity index (χ1v) is 6.20. The van der Waals surface area contributed by atoms with E-state index < -0.39 is 10.4 Å². The van der Waals surface area contributed by atoms with Crippen LogP contribution in [-0.2, 0) is 24.1 Å². The van der Waals surface area contributed by atoms with E-state index in [2.05, 4.69) is 11.1 Å². The summed E-state index contributed by atoms with van der Waals surface area (Å²) >= 11 is 0. The molecule has 0 aliphatic carbocycles. The molecule has 0 bridgehead atoms. The van der Waals surface area contributed by atoms with Gasteiger partial charge in [-0.3, -0.25) is 4.55 Å². The predicted molar refractivity (Wildman–Crippen MR) is 59.8 cm³/mol. The van der Waals surface area contributed by atoms with Crippen LogP contribution in [0, 0.1) is 0 Å². The normalized spacial score (nSPS) is 11.1. The van der Waals surface area contributed by atoms with Crippen molar-refractivity contribution in [3.05, 3.63) is 0 Å². The third kappa shape index (κ3) is 17.2. The summed E-state index contributed by atoms with van der Waals surface area (Å²) in [6, 6.07) is 0. The molecule has 6 nitrogen and oxygen atoms in total. The SMILES string of the molecule is CCCCOCCOCCOS(=O)(=O)O.[Na]. The molecule has 0 atom stereocenters. The van der Waals surface area contributed by atoms with Crippen molar-refractivity contribution in [3.63, 3.8) is 0 Å². The van der Waals surface area contributed by atoms with Gasteiger partial charge in [0.25, 0.3) is 0 Å². The van der Waals surface area contributed by atoms with Gasteiger partial charge in [-0.05, 0) is 6.42 Å². The minimum absolute atomic E-state index is 0. The van der Waals surface area contributed by atoms with Crippen LogP contribution in [0.2, 0.25) is 0 Å². The molecule has 0 amide bonds. The van der Waals surface area contributed by atoms with E-state index in [1.807, 2.05) is 0 Å². The number of ether oxygens (including phenoxy) is 2. The minimum atomic E-state index is -4.34. The van der Waals surface area contributed by atoms with Gasteiger partial charge in [0.2, 0.25) is 0 Å². The summed E-state index contributed by atoms with van der Waals surface area (Å²) in [5.74, 6) is 0. The molecule has 0 aliphatic rings. The van der Waals surface area contributed by atoms with Gasteiger partial charge in [0, 0.05) is 36.2 Å². The summed E-state index contributed by atoms with van der Waals surface area (Å²) < 4.78 is 42.6. The Morgan fingerprint density at radius 1 is 1.00 bits per heavy atom. The molecule has 93 valence electrons. The summed E-state index contributed by atoms with van der Waals surface area (Å²) in [6.07, 6.45) is 2.11. The zero-order valence-electron chi connectivity index (χ0n) is 9.85. The molecule has 8 heteroatoms. The average molecular weight is 265 g/mol. The van der Waals surface area contributed by atoms with Gasteiger partial charge in [-0.15, -0.1) is 0 Å². The summed E-state index contributed by atoms with van der Waals surface area (Å²) in [5.41, 5.74) is 0. The molecule has 16 heavy (non-hydrogen) atoms. The molecule has 0 aromatic carbocycles. The topological polar surface area (TPSA) is 82.1 Å². The van der Waals surface area contributed by atoms with E-state index in [1.54, 1.807) is 0 Å². The zero-order valence-corrected chi connectivity index (χ0v) is 12.7. The fourth-order valence-electron chi connectivity index (χ4n) is 0.767. The standard InChI is InChI=1S/C8H18O6S.Na/c1-2-3-4-12-5-6-13-7-8-14-15(9,10)11;/h2-8H2,1H3,(H,9,10,11);. The molecule has 0 unspecified atom stereocenters. The van der Waals surface area contributed by atoms with Crippen LogP contribution in [0.15, 0.2) is 0 Å². The van der Waals surface area contributed by atoms with Crippen LogP contribution in [0.3, 0.4) is 0 Å².